The number of pyridine rings is 1. The second kappa shape index (κ2) is 8.14. The quantitative estimate of drug-likeness (QED) is 0.676. The van der Waals surface area contributed by atoms with Crippen molar-refractivity contribution in [3.8, 4) is 5.82 Å². The van der Waals surface area contributed by atoms with Crippen LogP contribution in [0.4, 0.5) is 0 Å². The number of benzene rings is 1. The maximum Gasteiger partial charge on any atom is 0.252 e. The first-order valence-corrected chi connectivity index (χ1v) is 8.89. The molecule has 1 atom stereocenters. The molecular formula is C21H24N4O2. The molecule has 0 fully saturated rings. The lowest BCUT2D eigenvalue weighted by Crippen LogP contribution is -2.37. The van der Waals surface area contributed by atoms with Crippen LogP contribution in [0.3, 0.4) is 0 Å². The molecule has 0 aliphatic carbocycles. The van der Waals surface area contributed by atoms with Gasteiger partial charge in [-0.15, -0.1) is 0 Å². The number of carbonyl (C=O) groups excluding carboxylic acids is 1. The number of amides is 1. The van der Waals surface area contributed by atoms with E-state index in [2.05, 4.69) is 15.3 Å². The van der Waals surface area contributed by atoms with Gasteiger partial charge in [0, 0.05) is 37.7 Å². The normalized spacial score (nSPS) is 12.6. The predicted molar refractivity (Wildman–Crippen MR) is 104 cm³/mol. The first kappa shape index (κ1) is 18.8. The molecule has 3 rings (SSSR count). The number of rotatable bonds is 7. The Labute approximate surface area is 158 Å². The van der Waals surface area contributed by atoms with Crippen LogP contribution in [0, 0.1) is 5.41 Å². The fourth-order valence-electron chi connectivity index (χ4n) is 3.01. The van der Waals surface area contributed by atoms with Crippen LogP contribution in [0.15, 0.2) is 67.4 Å². The van der Waals surface area contributed by atoms with E-state index in [1.165, 1.54) is 0 Å². The number of carbonyl (C=O) groups is 1. The highest BCUT2D eigenvalue weighted by molar-refractivity contribution is 5.94. The third-order valence-corrected chi connectivity index (χ3v) is 4.80. The van der Waals surface area contributed by atoms with Crippen molar-refractivity contribution in [2.75, 3.05) is 13.2 Å². The van der Waals surface area contributed by atoms with Gasteiger partial charge in [0.1, 0.15) is 12.1 Å². The maximum atomic E-state index is 12.6. The molecule has 0 saturated carbocycles. The number of nitrogens with one attached hydrogen (secondary N) is 1. The Kier molecular flexibility index (Phi) is 5.66. The minimum absolute atomic E-state index is 0.00849. The molecule has 0 bridgehead atoms. The molecule has 0 aliphatic heterocycles. The Morgan fingerprint density at radius 2 is 2.00 bits per heavy atom. The van der Waals surface area contributed by atoms with Gasteiger partial charge < -0.3 is 10.4 Å². The van der Waals surface area contributed by atoms with Crippen LogP contribution in [0.1, 0.15) is 35.7 Å². The molecule has 3 aromatic rings. The lowest BCUT2D eigenvalue weighted by Gasteiger charge is -2.33. The summed E-state index contributed by atoms with van der Waals surface area (Å²) in [5.41, 5.74) is 1.22. The van der Waals surface area contributed by atoms with Crippen LogP contribution in [0.2, 0.25) is 0 Å². The SMILES string of the molecule is CC(C)(CO)C(CNC(=O)c1ccc(-n2ccnc2)nc1)c1ccccc1. The highest BCUT2D eigenvalue weighted by Gasteiger charge is 2.30. The van der Waals surface area contributed by atoms with Crippen molar-refractivity contribution in [3.63, 3.8) is 0 Å². The molecule has 1 amide bonds. The van der Waals surface area contributed by atoms with Gasteiger partial charge in [-0.1, -0.05) is 44.2 Å². The minimum atomic E-state index is -0.363. The van der Waals surface area contributed by atoms with Crippen LogP contribution in [-0.4, -0.2) is 38.7 Å². The highest BCUT2D eigenvalue weighted by atomic mass is 16.3. The second-order valence-corrected chi connectivity index (χ2v) is 7.20. The van der Waals surface area contributed by atoms with Crippen molar-refractivity contribution in [2.45, 2.75) is 19.8 Å². The molecule has 2 N–H and O–H groups in total. The van der Waals surface area contributed by atoms with Crippen LogP contribution >= 0.6 is 0 Å². The fraction of sp³-hybridized carbons (Fsp3) is 0.286. The van der Waals surface area contributed by atoms with E-state index < -0.39 is 0 Å². The largest absolute Gasteiger partial charge is 0.396 e. The molecule has 2 heterocycles. The third-order valence-electron chi connectivity index (χ3n) is 4.80. The molecular weight excluding hydrogens is 340 g/mol. The first-order valence-electron chi connectivity index (χ1n) is 8.89. The van der Waals surface area contributed by atoms with Gasteiger partial charge in [0.15, 0.2) is 0 Å². The molecule has 140 valence electrons. The molecule has 2 aromatic heterocycles. The fourth-order valence-corrected chi connectivity index (χ4v) is 3.01. The number of aliphatic hydroxyl groups excluding tert-OH is 1. The summed E-state index contributed by atoms with van der Waals surface area (Å²) in [5.74, 6) is 0.507. The number of imidazole rings is 1. The Morgan fingerprint density at radius 3 is 2.59 bits per heavy atom. The number of hydrogen-bond donors (Lipinski definition) is 2. The van der Waals surface area contributed by atoms with Crippen molar-refractivity contribution < 1.29 is 9.90 Å². The van der Waals surface area contributed by atoms with Gasteiger partial charge in [0.2, 0.25) is 0 Å². The zero-order valence-corrected chi connectivity index (χ0v) is 15.5. The zero-order chi connectivity index (χ0) is 19.3. The van der Waals surface area contributed by atoms with E-state index >= 15 is 0 Å². The van der Waals surface area contributed by atoms with E-state index in [0.717, 1.165) is 5.56 Å². The first-order chi connectivity index (χ1) is 13.0. The predicted octanol–water partition coefficient (Wildman–Crippen LogP) is 2.80. The molecule has 1 unspecified atom stereocenters. The number of hydrogen-bond acceptors (Lipinski definition) is 4. The van der Waals surface area contributed by atoms with Crippen molar-refractivity contribution >= 4 is 5.91 Å². The number of aromatic nitrogens is 3. The van der Waals surface area contributed by atoms with Gasteiger partial charge >= 0.3 is 0 Å². The number of nitrogens with zero attached hydrogens (tertiary/aromatic N) is 3. The molecule has 6 nitrogen and oxygen atoms in total. The molecule has 6 heteroatoms. The van der Waals surface area contributed by atoms with E-state index in [9.17, 15) is 9.90 Å². The average Bonchev–Trinajstić information content (AvgIpc) is 3.23. The Bertz CT molecular complexity index is 859. The monoisotopic (exact) mass is 364 g/mol. The number of aliphatic hydroxyl groups is 1. The summed E-state index contributed by atoms with van der Waals surface area (Å²) in [6.45, 7) is 4.46. The topological polar surface area (TPSA) is 80.0 Å². The smallest absolute Gasteiger partial charge is 0.252 e. The van der Waals surface area contributed by atoms with Crippen molar-refractivity contribution in [1.29, 1.82) is 0 Å². The van der Waals surface area contributed by atoms with Gasteiger partial charge in [-0.3, -0.25) is 9.36 Å². The van der Waals surface area contributed by atoms with E-state index in [1.54, 1.807) is 41.6 Å². The van der Waals surface area contributed by atoms with E-state index in [-0.39, 0.29) is 23.8 Å². The summed E-state index contributed by atoms with van der Waals surface area (Å²) in [6, 6.07) is 13.5. The Morgan fingerprint density at radius 1 is 1.22 bits per heavy atom. The third kappa shape index (κ3) is 4.41. The maximum absolute atomic E-state index is 12.6. The van der Waals surface area contributed by atoms with Gasteiger partial charge in [0.25, 0.3) is 5.91 Å². The Balaban J connectivity index is 1.70. The molecule has 1 aromatic carbocycles. The van der Waals surface area contributed by atoms with Crippen LogP contribution < -0.4 is 5.32 Å². The van der Waals surface area contributed by atoms with Gasteiger partial charge in [-0.05, 0) is 23.1 Å². The molecule has 0 radical (unpaired) electrons. The van der Waals surface area contributed by atoms with E-state index in [0.29, 0.717) is 17.9 Å². The summed E-state index contributed by atoms with van der Waals surface area (Å²) < 4.78 is 1.77. The summed E-state index contributed by atoms with van der Waals surface area (Å²) in [6.07, 6.45) is 6.68. The minimum Gasteiger partial charge on any atom is -0.396 e. The molecule has 27 heavy (non-hydrogen) atoms. The van der Waals surface area contributed by atoms with Crippen LogP contribution in [0.5, 0.6) is 0 Å². The second-order valence-electron chi connectivity index (χ2n) is 7.20. The van der Waals surface area contributed by atoms with E-state index in [1.807, 2.05) is 44.2 Å². The summed E-state index contributed by atoms with van der Waals surface area (Å²) >= 11 is 0. The average molecular weight is 364 g/mol. The lowest BCUT2D eigenvalue weighted by atomic mass is 9.75. The molecule has 0 saturated heterocycles. The van der Waals surface area contributed by atoms with Crippen LogP contribution in [0.25, 0.3) is 5.82 Å². The van der Waals surface area contributed by atoms with Gasteiger partial charge in [0.05, 0.1) is 5.56 Å². The molecule has 0 spiro atoms. The van der Waals surface area contributed by atoms with Crippen molar-refractivity contribution in [2.24, 2.45) is 5.41 Å². The summed E-state index contributed by atoms with van der Waals surface area (Å²) in [4.78, 5) is 20.9. The van der Waals surface area contributed by atoms with Crippen molar-refractivity contribution in [1.82, 2.24) is 19.9 Å². The standard InChI is InChI=1S/C21H24N4O2/c1-21(2,14-26)18(16-6-4-3-5-7-16)13-24-20(27)17-8-9-19(23-12-17)25-11-10-22-15-25/h3-12,15,18,26H,13-14H2,1-2H3,(H,24,27). The Hall–Kier alpha value is -2.99. The summed E-state index contributed by atoms with van der Waals surface area (Å²) in [5, 5.41) is 12.8. The van der Waals surface area contributed by atoms with Crippen LogP contribution in [-0.2, 0) is 0 Å². The van der Waals surface area contributed by atoms with Gasteiger partial charge in [-0.2, -0.15) is 0 Å². The molecule has 0 aliphatic rings. The zero-order valence-electron chi connectivity index (χ0n) is 15.5. The van der Waals surface area contributed by atoms with Crippen molar-refractivity contribution in [3.05, 3.63) is 78.5 Å². The van der Waals surface area contributed by atoms with Gasteiger partial charge in [-0.25, -0.2) is 9.97 Å². The summed E-state index contributed by atoms with van der Waals surface area (Å²) in [7, 11) is 0. The van der Waals surface area contributed by atoms with E-state index in [4.69, 9.17) is 0 Å². The lowest BCUT2D eigenvalue weighted by molar-refractivity contribution is 0.0920. The highest BCUT2D eigenvalue weighted by Crippen LogP contribution is 2.34.